The lowest BCUT2D eigenvalue weighted by Gasteiger charge is -2.24. The summed E-state index contributed by atoms with van der Waals surface area (Å²) in [5.41, 5.74) is 4.79. The van der Waals surface area contributed by atoms with Gasteiger partial charge in [0.1, 0.15) is 0 Å². The van der Waals surface area contributed by atoms with Crippen LogP contribution in [0.3, 0.4) is 0 Å². The normalized spacial score (nSPS) is 12.5. The first-order valence-electron chi connectivity index (χ1n) is 4.62. The molecule has 0 aromatic heterocycles. The van der Waals surface area contributed by atoms with E-state index in [0.29, 0.717) is 0 Å². The molecule has 0 aliphatic carbocycles. The predicted octanol–water partition coefficient (Wildman–Crippen LogP) is 2.78. The fourth-order valence-corrected chi connectivity index (χ4v) is 17.8. The van der Waals surface area contributed by atoms with E-state index in [1.807, 2.05) is 0 Å². The van der Waals surface area contributed by atoms with Gasteiger partial charge in [-0.15, -0.1) is 0 Å². The highest BCUT2D eigenvalue weighted by Gasteiger charge is 2.22. The minimum Gasteiger partial charge on any atom is -0.0735 e. The van der Waals surface area contributed by atoms with E-state index in [9.17, 15) is 0 Å². The summed E-state index contributed by atoms with van der Waals surface area (Å²) >= 11 is 0. The van der Waals surface area contributed by atoms with E-state index in [0.717, 1.165) is 0 Å². The zero-order valence-electron chi connectivity index (χ0n) is 9.12. The van der Waals surface area contributed by atoms with Gasteiger partial charge >= 0.3 is 0 Å². The van der Waals surface area contributed by atoms with Crippen molar-refractivity contribution >= 4 is 35.9 Å². The van der Waals surface area contributed by atoms with Gasteiger partial charge in [0.25, 0.3) is 0 Å². The van der Waals surface area contributed by atoms with Crippen molar-refractivity contribution in [3.63, 3.8) is 0 Å². The second-order valence-electron chi connectivity index (χ2n) is 4.36. The standard InChI is InChI=1S/C8H21Si4/c1-9-6-11(3)8-12(4,5)7-10-2/h6-8H2,1-5H3. The highest BCUT2D eigenvalue weighted by atomic mass is 28.4. The topological polar surface area (TPSA) is 0 Å². The van der Waals surface area contributed by atoms with Crippen molar-refractivity contribution in [2.24, 2.45) is 0 Å². The van der Waals surface area contributed by atoms with E-state index in [-0.39, 0.29) is 8.80 Å². The third-order valence-corrected chi connectivity index (χ3v) is 17.2. The molecule has 0 unspecified atom stereocenters. The zero-order valence-corrected chi connectivity index (χ0v) is 13.1. The highest BCUT2D eigenvalue weighted by Crippen LogP contribution is 2.17. The lowest BCUT2D eigenvalue weighted by atomic mass is 11.7. The first kappa shape index (κ1) is 12.9. The minimum absolute atomic E-state index is 0.0590. The van der Waals surface area contributed by atoms with Crippen LogP contribution in [0.15, 0.2) is 0 Å². The molecule has 0 heterocycles. The average molecular weight is 230 g/mol. The van der Waals surface area contributed by atoms with Gasteiger partial charge in [-0.25, -0.2) is 0 Å². The molecule has 5 radical (unpaired) electrons. The van der Waals surface area contributed by atoms with Crippen LogP contribution in [0.1, 0.15) is 0 Å². The molecule has 0 aromatic rings. The molecule has 0 bridgehead atoms. The molecule has 0 saturated heterocycles. The largest absolute Gasteiger partial charge is 0.0735 e. The Morgan fingerprint density at radius 2 is 1.75 bits per heavy atom. The Morgan fingerprint density at radius 3 is 2.17 bits per heavy atom. The Hall–Kier alpha value is 0.868. The van der Waals surface area contributed by atoms with Gasteiger partial charge in [-0.05, 0) is 0 Å². The van der Waals surface area contributed by atoms with Crippen molar-refractivity contribution in [3.8, 4) is 0 Å². The van der Waals surface area contributed by atoms with E-state index < -0.39 is 8.07 Å². The summed E-state index contributed by atoms with van der Waals surface area (Å²) in [6.45, 7) is 12.4. The molecular weight excluding hydrogens is 208 g/mol. The van der Waals surface area contributed by atoms with Crippen molar-refractivity contribution in [1.82, 2.24) is 0 Å². The van der Waals surface area contributed by atoms with Crippen LogP contribution < -0.4 is 0 Å². The molecule has 69 valence electrons. The van der Waals surface area contributed by atoms with Gasteiger partial charge < -0.3 is 0 Å². The number of hydrogen-bond donors (Lipinski definition) is 0. The van der Waals surface area contributed by atoms with Gasteiger partial charge in [-0.3, -0.25) is 0 Å². The van der Waals surface area contributed by atoms with Crippen molar-refractivity contribution in [3.05, 3.63) is 0 Å². The molecule has 0 saturated carbocycles. The van der Waals surface area contributed by atoms with E-state index in [4.69, 9.17) is 0 Å². The molecule has 0 aliphatic heterocycles. The molecule has 0 amide bonds. The van der Waals surface area contributed by atoms with E-state index in [1.165, 1.54) is 19.0 Å². The van der Waals surface area contributed by atoms with Crippen LogP contribution in [0, 0.1) is 0 Å². The maximum Gasteiger partial charge on any atom is 0.0415 e. The molecule has 12 heavy (non-hydrogen) atoms. The van der Waals surface area contributed by atoms with Gasteiger partial charge in [0.05, 0.1) is 0 Å². The lowest BCUT2D eigenvalue weighted by molar-refractivity contribution is 1.52. The minimum atomic E-state index is -0.742. The molecule has 0 atom stereocenters. The molecule has 0 aromatic carbocycles. The van der Waals surface area contributed by atoms with Crippen molar-refractivity contribution in [2.75, 3.05) is 0 Å². The van der Waals surface area contributed by atoms with Crippen LogP contribution in [0.4, 0.5) is 0 Å². The Morgan fingerprint density at radius 1 is 1.17 bits per heavy atom. The maximum atomic E-state index is 2.58. The SMILES string of the molecule is C[Si]C[Si](C)C[Si](C)(C)C[Si]C. The van der Waals surface area contributed by atoms with Crippen LogP contribution in [-0.4, -0.2) is 35.9 Å². The van der Waals surface area contributed by atoms with Crippen LogP contribution in [0.2, 0.25) is 49.7 Å². The number of hydrogen-bond acceptors (Lipinski definition) is 0. The van der Waals surface area contributed by atoms with Gasteiger partial charge in [-0.2, -0.15) is 0 Å². The van der Waals surface area contributed by atoms with Crippen molar-refractivity contribution < 1.29 is 0 Å². The molecule has 0 rings (SSSR count). The molecule has 4 heteroatoms. The first-order valence-corrected chi connectivity index (χ1v) is 13.9. The van der Waals surface area contributed by atoms with E-state index in [2.05, 4.69) is 32.7 Å². The monoisotopic (exact) mass is 229 g/mol. The second kappa shape index (κ2) is 6.34. The summed E-state index contributed by atoms with van der Waals surface area (Å²) in [6, 6.07) is 0. The summed E-state index contributed by atoms with van der Waals surface area (Å²) in [4.78, 5) is 0. The zero-order chi connectivity index (χ0) is 9.61. The quantitative estimate of drug-likeness (QED) is 0.615. The molecular formula is C8H21Si4. The maximum absolute atomic E-state index is 2.58. The highest BCUT2D eigenvalue weighted by molar-refractivity contribution is 6.93. The summed E-state index contributed by atoms with van der Waals surface area (Å²) in [5.74, 6) is 0. The molecule has 0 nitrogen and oxygen atoms in total. The van der Waals surface area contributed by atoms with E-state index in [1.54, 1.807) is 17.0 Å². The Balaban J connectivity index is 3.70. The predicted molar refractivity (Wildman–Crippen MR) is 66.8 cm³/mol. The van der Waals surface area contributed by atoms with Gasteiger partial charge in [-0.1, -0.05) is 49.7 Å². The molecule has 0 aliphatic rings. The fourth-order valence-electron chi connectivity index (χ4n) is 1.72. The Labute approximate surface area is 85.8 Å². The van der Waals surface area contributed by atoms with Crippen molar-refractivity contribution in [2.45, 2.75) is 49.7 Å². The van der Waals surface area contributed by atoms with Crippen LogP contribution >= 0.6 is 0 Å². The fraction of sp³-hybridized carbons (Fsp3) is 1.00. The van der Waals surface area contributed by atoms with Crippen LogP contribution in [0.5, 0.6) is 0 Å². The smallest absolute Gasteiger partial charge is 0.0415 e. The Kier molecular flexibility index (Phi) is 6.80. The third kappa shape index (κ3) is 6.39. The van der Waals surface area contributed by atoms with E-state index >= 15 is 0 Å². The van der Waals surface area contributed by atoms with Crippen LogP contribution in [-0.2, 0) is 0 Å². The lowest BCUT2D eigenvalue weighted by Crippen LogP contribution is -2.33. The van der Waals surface area contributed by atoms with Gasteiger partial charge in [0.15, 0.2) is 0 Å². The summed E-state index contributed by atoms with van der Waals surface area (Å²) in [6.07, 6.45) is 0. The van der Waals surface area contributed by atoms with Crippen LogP contribution in [0.25, 0.3) is 0 Å². The van der Waals surface area contributed by atoms with Gasteiger partial charge in [0.2, 0.25) is 0 Å². The summed E-state index contributed by atoms with van der Waals surface area (Å²) in [5, 5.41) is 0. The molecule has 0 N–H and O–H groups in total. The summed E-state index contributed by atoms with van der Waals surface area (Å²) < 4.78 is 0. The third-order valence-electron chi connectivity index (χ3n) is 1.91. The average Bonchev–Trinajstić information content (AvgIpc) is 1.85. The Bertz CT molecular complexity index is 114. The van der Waals surface area contributed by atoms with Gasteiger partial charge in [0, 0.05) is 35.9 Å². The molecule has 0 fully saturated rings. The summed E-state index contributed by atoms with van der Waals surface area (Å²) in [7, 11) is 1.70. The molecule has 0 spiro atoms. The van der Waals surface area contributed by atoms with Crippen molar-refractivity contribution in [1.29, 1.82) is 0 Å². The number of rotatable bonds is 6. The first-order chi connectivity index (χ1) is 5.52. The second-order valence-corrected chi connectivity index (χ2v) is 16.3.